The highest BCUT2D eigenvalue weighted by Gasteiger charge is 2.23. The van der Waals surface area contributed by atoms with Gasteiger partial charge in [-0.15, -0.1) is 0 Å². The molecule has 3 rings (SSSR count). The molecule has 19 heavy (non-hydrogen) atoms. The Morgan fingerprint density at radius 3 is 3.21 bits per heavy atom. The lowest BCUT2D eigenvalue weighted by atomic mass is 10.0. The Bertz CT molecular complexity index is 437. The van der Waals surface area contributed by atoms with Crippen LogP contribution in [-0.2, 0) is 19.6 Å². The topological polar surface area (TPSA) is 33.1 Å². The summed E-state index contributed by atoms with van der Waals surface area (Å²) in [6.07, 6.45) is 5.80. The van der Waals surface area contributed by atoms with Crippen LogP contribution in [-0.4, -0.2) is 33.8 Å². The fourth-order valence-corrected chi connectivity index (χ4v) is 3.10. The fraction of sp³-hybridized carbons (Fsp3) is 0.667. The average Bonchev–Trinajstić information content (AvgIpc) is 2.92. The van der Waals surface area contributed by atoms with E-state index in [1.165, 1.54) is 17.8 Å². The molecule has 3 heterocycles. The van der Waals surface area contributed by atoms with Crippen LogP contribution >= 0.6 is 0 Å². The molecule has 0 saturated carbocycles. The zero-order chi connectivity index (χ0) is 13.2. The van der Waals surface area contributed by atoms with Crippen LogP contribution in [0.3, 0.4) is 0 Å². The third kappa shape index (κ3) is 2.74. The Morgan fingerprint density at radius 1 is 1.47 bits per heavy atom. The SMILES string of the molecule is CC(C)C1C=CCN1Cc1cc2n(n1)CCCNC2. The summed E-state index contributed by atoms with van der Waals surface area (Å²) in [5, 5.41) is 8.23. The summed E-state index contributed by atoms with van der Waals surface area (Å²) in [7, 11) is 0. The number of nitrogens with one attached hydrogen (secondary N) is 1. The van der Waals surface area contributed by atoms with E-state index >= 15 is 0 Å². The van der Waals surface area contributed by atoms with Gasteiger partial charge in [-0.1, -0.05) is 26.0 Å². The molecule has 4 nitrogen and oxygen atoms in total. The van der Waals surface area contributed by atoms with E-state index in [2.05, 4.69) is 47.0 Å². The van der Waals surface area contributed by atoms with Crippen molar-refractivity contribution in [2.45, 2.75) is 45.9 Å². The van der Waals surface area contributed by atoms with Crippen LogP contribution in [0.1, 0.15) is 31.7 Å². The first-order valence-corrected chi connectivity index (χ1v) is 7.41. The molecule has 1 aromatic rings. The van der Waals surface area contributed by atoms with E-state index in [0.717, 1.165) is 32.7 Å². The number of rotatable bonds is 3. The molecule has 0 bridgehead atoms. The van der Waals surface area contributed by atoms with Gasteiger partial charge in [-0.2, -0.15) is 5.10 Å². The lowest BCUT2D eigenvalue weighted by molar-refractivity contribution is 0.215. The summed E-state index contributed by atoms with van der Waals surface area (Å²) in [5.74, 6) is 0.667. The summed E-state index contributed by atoms with van der Waals surface area (Å²) in [5.41, 5.74) is 2.55. The third-order valence-electron chi connectivity index (χ3n) is 4.09. The van der Waals surface area contributed by atoms with E-state index in [1.54, 1.807) is 0 Å². The zero-order valence-electron chi connectivity index (χ0n) is 12.0. The monoisotopic (exact) mass is 260 g/mol. The first-order valence-electron chi connectivity index (χ1n) is 7.41. The second-order valence-electron chi connectivity index (χ2n) is 5.97. The summed E-state index contributed by atoms with van der Waals surface area (Å²) in [6.45, 7) is 9.72. The van der Waals surface area contributed by atoms with E-state index in [4.69, 9.17) is 5.10 Å². The summed E-state index contributed by atoms with van der Waals surface area (Å²) in [6, 6.07) is 2.84. The van der Waals surface area contributed by atoms with Gasteiger partial charge in [-0.25, -0.2) is 0 Å². The second-order valence-corrected chi connectivity index (χ2v) is 5.97. The number of nitrogens with zero attached hydrogens (tertiary/aromatic N) is 3. The van der Waals surface area contributed by atoms with Crippen molar-refractivity contribution in [3.05, 3.63) is 29.6 Å². The van der Waals surface area contributed by atoms with E-state index < -0.39 is 0 Å². The molecular formula is C15H24N4. The summed E-state index contributed by atoms with van der Waals surface area (Å²) < 4.78 is 2.18. The van der Waals surface area contributed by atoms with Crippen molar-refractivity contribution >= 4 is 0 Å². The number of hydrogen-bond donors (Lipinski definition) is 1. The normalized spacial score (nSPS) is 23.8. The fourth-order valence-electron chi connectivity index (χ4n) is 3.10. The van der Waals surface area contributed by atoms with E-state index in [0.29, 0.717) is 12.0 Å². The predicted octanol–water partition coefficient (Wildman–Crippen LogP) is 1.77. The van der Waals surface area contributed by atoms with Gasteiger partial charge >= 0.3 is 0 Å². The van der Waals surface area contributed by atoms with Crippen LogP contribution in [0.15, 0.2) is 18.2 Å². The summed E-state index contributed by atoms with van der Waals surface area (Å²) in [4.78, 5) is 2.51. The van der Waals surface area contributed by atoms with E-state index in [9.17, 15) is 0 Å². The van der Waals surface area contributed by atoms with Crippen molar-refractivity contribution in [3.8, 4) is 0 Å². The van der Waals surface area contributed by atoms with Crippen LogP contribution in [0.2, 0.25) is 0 Å². The van der Waals surface area contributed by atoms with Gasteiger partial charge in [-0.3, -0.25) is 9.58 Å². The van der Waals surface area contributed by atoms with E-state index in [-0.39, 0.29) is 0 Å². The van der Waals surface area contributed by atoms with Crippen LogP contribution in [0.25, 0.3) is 0 Å². The van der Waals surface area contributed by atoms with Gasteiger partial charge in [0, 0.05) is 32.2 Å². The summed E-state index contributed by atoms with van der Waals surface area (Å²) >= 11 is 0. The lowest BCUT2D eigenvalue weighted by Crippen LogP contribution is -2.33. The molecule has 0 saturated heterocycles. The molecule has 1 aromatic heterocycles. The maximum absolute atomic E-state index is 4.78. The molecule has 0 radical (unpaired) electrons. The van der Waals surface area contributed by atoms with Crippen molar-refractivity contribution in [1.82, 2.24) is 20.0 Å². The van der Waals surface area contributed by atoms with Crippen LogP contribution < -0.4 is 5.32 Å². The van der Waals surface area contributed by atoms with Gasteiger partial charge in [0.25, 0.3) is 0 Å². The minimum atomic E-state index is 0.569. The van der Waals surface area contributed by atoms with E-state index in [1.807, 2.05) is 0 Å². The molecule has 1 N–H and O–H groups in total. The highest BCUT2D eigenvalue weighted by Crippen LogP contribution is 2.20. The van der Waals surface area contributed by atoms with Crippen LogP contribution in [0.4, 0.5) is 0 Å². The van der Waals surface area contributed by atoms with Gasteiger partial charge in [0.2, 0.25) is 0 Å². The first kappa shape index (κ1) is 12.9. The standard InChI is InChI=1S/C15H24N4/c1-12(2)15-5-3-7-18(15)11-13-9-14-10-16-6-4-8-19(14)17-13/h3,5,9,12,15-16H,4,6-8,10-11H2,1-2H3. The van der Waals surface area contributed by atoms with Crippen molar-refractivity contribution in [3.63, 3.8) is 0 Å². The van der Waals surface area contributed by atoms with Gasteiger partial charge in [0.1, 0.15) is 0 Å². The molecule has 0 spiro atoms. The zero-order valence-corrected chi connectivity index (χ0v) is 12.0. The number of hydrogen-bond acceptors (Lipinski definition) is 3. The molecule has 0 amide bonds. The maximum atomic E-state index is 4.78. The molecule has 2 aliphatic rings. The number of aryl methyl sites for hydroxylation is 1. The number of fused-ring (bicyclic) bond motifs is 1. The molecule has 0 aromatic carbocycles. The smallest absolute Gasteiger partial charge is 0.0768 e. The molecular weight excluding hydrogens is 236 g/mol. The molecule has 104 valence electrons. The van der Waals surface area contributed by atoms with Crippen molar-refractivity contribution in [1.29, 1.82) is 0 Å². The second kappa shape index (κ2) is 5.47. The predicted molar refractivity (Wildman–Crippen MR) is 76.7 cm³/mol. The Labute approximate surface area is 115 Å². The minimum Gasteiger partial charge on any atom is -0.311 e. The third-order valence-corrected chi connectivity index (χ3v) is 4.09. The minimum absolute atomic E-state index is 0.569. The largest absolute Gasteiger partial charge is 0.311 e. The molecule has 0 aliphatic carbocycles. The molecule has 4 heteroatoms. The Balaban J connectivity index is 1.70. The van der Waals surface area contributed by atoms with Crippen molar-refractivity contribution in [2.24, 2.45) is 5.92 Å². The van der Waals surface area contributed by atoms with Gasteiger partial charge in [0.15, 0.2) is 0 Å². The highest BCUT2D eigenvalue weighted by molar-refractivity contribution is 5.13. The lowest BCUT2D eigenvalue weighted by Gasteiger charge is -2.26. The van der Waals surface area contributed by atoms with Crippen molar-refractivity contribution in [2.75, 3.05) is 13.1 Å². The molecule has 2 aliphatic heterocycles. The highest BCUT2D eigenvalue weighted by atomic mass is 15.3. The number of aromatic nitrogens is 2. The molecule has 1 unspecified atom stereocenters. The first-order chi connectivity index (χ1) is 9.24. The Hall–Kier alpha value is -1.13. The maximum Gasteiger partial charge on any atom is 0.0768 e. The van der Waals surface area contributed by atoms with Gasteiger partial charge in [-0.05, 0) is 24.9 Å². The quantitative estimate of drug-likeness (QED) is 0.841. The Kier molecular flexibility index (Phi) is 3.71. The molecule has 1 atom stereocenters. The van der Waals surface area contributed by atoms with Crippen molar-refractivity contribution < 1.29 is 0 Å². The average molecular weight is 260 g/mol. The van der Waals surface area contributed by atoms with Gasteiger partial charge < -0.3 is 5.32 Å². The molecule has 0 fully saturated rings. The van der Waals surface area contributed by atoms with Gasteiger partial charge in [0.05, 0.1) is 11.4 Å². The van der Waals surface area contributed by atoms with Crippen LogP contribution in [0, 0.1) is 5.92 Å². The van der Waals surface area contributed by atoms with Crippen LogP contribution in [0.5, 0.6) is 0 Å². The Morgan fingerprint density at radius 2 is 2.37 bits per heavy atom.